The third kappa shape index (κ3) is 1.52. The van der Waals surface area contributed by atoms with Crippen LogP contribution in [-0.4, -0.2) is 4.98 Å². The minimum absolute atomic E-state index is 0.689. The van der Waals surface area contributed by atoms with Crippen LogP contribution in [0.25, 0.3) is 11.0 Å². The SMILES string of the molecule is CC(C)Cc1[nH]c2ccccc2[n+]1C. The molecule has 1 aromatic heterocycles. The van der Waals surface area contributed by atoms with Gasteiger partial charge in [0, 0.05) is 0 Å². The van der Waals surface area contributed by atoms with Gasteiger partial charge in [0.05, 0.1) is 13.5 Å². The first-order valence-electron chi connectivity index (χ1n) is 5.14. The standard InChI is InChI=1S/C12H16N2/c1-9(2)8-12-13-10-6-4-5-7-11(10)14(12)3/h4-7,9H,8H2,1-3H3/p+1. The number of hydrogen-bond acceptors (Lipinski definition) is 0. The van der Waals surface area contributed by atoms with Crippen LogP contribution in [0.5, 0.6) is 0 Å². The topological polar surface area (TPSA) is 19.7 Å². The Labute approximate surface area is 84.6 Å². The van der Waals surface area contributed by atoms with Crippen molar-refractivity contribution < 1.29 is 4.57 Å². The van der Waals surface area contributed by atoms with Gasteiger partial charge in [0.1, 0.15) is 0 Å². The minimum Gasteiger partial charge on any atom is -0.241 e. The number of aryl methyl sites for hydroxylation is 1. The van der Waals surface area contributed by atoms with Crippen LogP contribution in [0.2, 0.25) is 0 Å². The molecule has 2 nitrogen and oxygen atoms in total. The van der Waals surface area contributed by atoms with E-state index in [9.17, 15) is 0 Å². The molecule has 0 saturated carbocycles. The molecule has 2 aromatic rings. The van der Waals surface area contributed by atoms with Gasteiger partial charge in [0.15, 0.2) is 11.0 Å². The Bertz CT molecular complexity index is 441. The number of fused-ring (bicyclic) bond motifs is 1. The maximum Gasteiger partial charge on any atom is 0.255 e. The molecule has 2 rings (SSSR count). The van der Waals surface area contributed by atoms with Crippen molar-refractivity contribution in [3.05, 3.63) is 30.1 Å². The first-order chi connectivity index (χ1) is 6.68. The number of nitrogens with one attached hydrogen (secondary N) is 1. The number of H-pyrrole nitrogens is 1. The molecular formula is C12H17N2+. The monoisotopic (exact) mass is 189 g/mol. The predicted octanol–water partition coefficient (Wildman–Crippen LogP) is 2.19. The molecule has 0 aliphatic carbocycles. The lowest BCUT2D eigenvalue weighted by Crippen LogP contribution is -2.32. The molecular weight excluding hydrogens is 172 g/mol. The molecule has 0 spiro atoms. The van der Waals surface area contributed by atoms with Crippen molar-refractivity contribution in [2.75, 3.05) is 0 Å². The van der Waals surface area contributed by atoms with Gasteiger partial charge in [0.25, 0.3) is 5.82 Å². The Morgan fingerprint density at radius 1 is 1.29 bits per heavy atom. The van der Waals surface area contributed by atoms with E-state index >= 15 is 0 Å². The van der Waals surface area contributed by atoms with Gasteiger partial charge in [-0.05, 0) is 18.1 Å². The summed E-state index contributed by atoms with van der Waals surface area (Å²) in [6, 6.07) is 8.42. The van der Waals surface area contributed by atoms with E-state index in [4.69, 9.17) is 0 Å². The second kappa shape index (κ2) is 3.45. The van der Waals surface area contributed by atoms with Crippen molar-refractivity contribution in [1.29, 1.82) is 0 Å². The fourth-order valence-corrected chi connectivity index (χ4v) is 1.83. The molecule has 14 heavy (non-hydrogen) atoms. The third-order valence-corrected chi connectivity index (χ3v) is 2.55. The van der Waals surface area contributed by atoms with Gasteiger partial charge in [-0.3, -0.25) is 0 Å². The fourth-order valence-electron chi connectivity index (χ4n) is 1.83. The van der Waals surface area contributed by atoms with E-state index in [-0.39, 0.29) is 0 Å². The fraction of sp³-hybridized carbons (Fsp3) is 0.417. The molecule has 1 heterocycles. The summed E-state index contributed by atoms with van der Waals surface area (Å²) in [6.07, 6.45) is 1.10. The Hall–Kier alpha value is -1.31. The van der Waals surface area contributed by atoms with Crippen LogP contribution in [0.1, 0.15) is 19.7 Å². The quantitative estimate of drug-likeness (QED) is 0.699. The van der Waals surface area contributed by atoms with Crippen LogP contribution >= 0.6 is 0 Å². The lowest BCUT2D eigenvalue weighted by Gasteiger charge is -1.98. The molecule has 1 N–H and O–H groups in total. The number of aromatic nitrogens is 2. The number of rotatable bonds is 2. The zero-order valence-corrected chi connectivity index (χ0v) is 9.04. The van der Waals surface area contributed by atoms with Gasteiger partial charge in [-0.15, -0.1) is 0 Å². The maximum atomic E-state index is 3.46. The summed E-state index contributed by atoms with van der Waals surface area (Å²) in [5, 5.41) is 0. The van der Waals surface area contributed by atoms with Crippen molar-refractivity contribution in [2.24, 2.45) is 13.0 Å². The largest absolute Gasteiger partial charge is 0.255 e. The Balaban J connectivity index is 2.51. The number of nitrogens with zero attached hydrogens (tertiary/aromatic N) is 1. The predicted molar refractivity (Wildman–Crippen MR) is 58.0 cm³/mol. The van der Waals surface area contributed by atoms with Crippen molar-refractivity contribution in [1.82, 2.24) is 4.98 Å². The first-order valence-corrected chi connectivity index (χ1v) is 5.14. The summed E-state index contributed by atoms with van der Waals surface area (Å²) in [5.41, 5.74) is 2.51. The van der Waals surface area contributed by atoms with E-state index < -0.39 is 0 Å². The van der Waals surface area contributed by atoms with Crippen LogP contribution < -0.4 is 4.57 Å². The van der Waals surface area contributed by atoms with Gasteiger partial charge < -0.3 is 0 Å². The summed E-state index contributed by atoms with van der Waals surface area (Å²) in [6.45, 7) is 4.48. The number of aromatic amines is 1. The third-order valence-electron chi connectivity index (χ3n) is 2.55. The zero-order valence-electron chi connectivity index (χ0n) is 9.04. The Kier molecular flexibility index (Phi) is 2.28. The highest BCUT2D eigenvalue weighted by Gasteiger charge is 2.14. The van der Waals surface area contributed by atoms with Crippen LogP contribution in [-0.2, 0) is 13.5 Å². The van der Waals surface area contributed by atoms with Crippen LogP contribution in [0, 0.1) is 5.92 Å². The Morgan fingerprint density at radius 3 is 2.64 bits per heavy atom. The second-order valence-electron chi connectivity index (χ2n) is 4.25. The Morgan fingerprint density at radius 2 is 2.00 bits per heavy atom. The van der Waals surface area contributed by atoms with Gasteiger partial charge in [-0.2, -0.15) is 0 Å². The van der Waals surface area contributed by atoms with Gasteiger partial charge in [-0.1, -0.05) is 26.0 Å². The highest BCUT2D eigenvalue weighted by molar-refractivity contribution is 5.70. The molecule has 0 aliphatic heterocycles. The molecule has 0 atom stereocenters. The number of para-hydroxylation sites is 2. The van der Waals surface area contributed by atoms with Gasteiger partial charge >= 0.3 is 0 Å². The maximum absolute atomic E-state index is 3.46. The minimum atomic E-state index is 0.689. The van der Waals surface area contributed by atoms with Crippen LogP contribution in [0.3, 0.4) is 0 Å². The lowest BCUT2D eigenvalue weighted by atomic mass is 10.1. The summed E-state index contributed by atoms with van der Waals surface area (Å²) in [5.74, 6) is 2.00. The van der Waals surface area contributed by atoms with E-state index in [1.807, 2.05) is 0 Å². The van der Waals surface area contributed by atoms with E-state index in [2.05, 4.69) is 54.7 Å². The number of benzene rings is 1. The molecule has 1 aromatic carbocycles. The molecule has 0 radical (unpaired) electrons. The van der Waals surface area contributed by atoms with E-state index in [1.165, 1.54) is 16.9 Å². The molecule has 0 bridgehead atoms. The highest BCUT2D eigenvalue weighted by Crippen LogP contribution is 2.10. The molecule has 2 heteroatoms. The van der Waals surface area contributed by atoms with Crippen LogP contribution in [0.4, 0.5) is 0 Å². The average Bonchev–Trinajstić information content (AvgIpc) is 2.44. The first kappa shape index (κ1) is 9.25. The summed E-state index contributed by atoms with van der Waals surface area (Å²) >= 11 is 0. The lowest BCUT2D eigenvalue weighted by molar-refractivity contribution is -0.653. The van der Waals surface area contributed by atoms with Gasteiger partial charge in [-0.25, -0.2) is 9.55 Å². The van der Waals surface area contributed by atoms with E-state index in [0.717, 1.165) is 6.42 Å². The van der Waals surface area contributed by atoms with Crippen molar-refractivity contribution in [3.8, 4) is 0 Å². The number of imidazole rings is 1. The smallest absolute Gasteiger partial charge is 0.241 e. The van der Waals surface area contributed by atoms with Gasteiger partial charge in [0.2, 0.25) is 0 Å². The zero-order chi connectivity index (χ0) is 10.1. The van der Waals surface area contributed by atoms with Crippen molar-refractivity contribution in [3.63, 3.8) is 0 Å². The van der Waals surface area contributed by atoms with Crippen LogP contribution in [0.15, 0.2) is 24.3 Å². The molecule has 0 fully saturated rings. The molecule has 0 unspecified atom stereocenters. The van der Waals surface area contributed by atoms with Crippen molar-refractivity contribution in [2.45, 2.75) is 20.3 Å². The normalized spacial score (nSPS) is 11.4. The summed E-state index contributed by atoms with van der Waals surface area (Å²) in [7, 11) is 2.12. The molecule has 0 aliphatic rings. The summed E-state index contributed by atoms with van der Waals surface area (Å²) in [4.78, 5) is 3.46. The number of hydrogen-bond donors (Lipinski definition) is 1. The highest BCUT2D eigenvalue weighted by atomic mass is 15.1. The molecule has 74 valence electrons. The van der Waals surface area contributed by atoms with E-state index in [1.54, 1.807) is 0 Å². The summed E-state index contributed by atoms with van der Waals surface area (Å²) < 4.78 is 2.25. The van der Waals surface area contributed by atoms with Crippen molar-refractivity contribution >= 4 is 11.0 Å². The molecule has 0 amide bonds. The van der Waals surface area contributed by atoms with E-state index in [0.29, 0.717) is 5.92 Å². The molecule has 0 saturated heterocycles. The average molecular weight is 189 g/mol. The second-order valence-corrected chi connectivity index (χ2v) is 4.25.